The van der Waals surface area contributed by atoms with E-state index in [1.54, 1.807) is 12.1 Å². The van der Waals surface area contributed by atoms with Crippen molar-refractivity contribution in [2.24, 2.45) is 5.41 Å². The third-order valence-corrected chi connectivity index (χ3v) is 8.05. The molecular formula is C26H27N3O7S. The van der Waals surface area contributed by atoms with Crippen LogP contribution in [0.1, 0.15) is 11.3 Å². The quantitative estimate of drug-likeness (QED) is 0.247. The van der Waals surface area contributed by atoms with E-state index in [9.17, 15) is 23.2 Å². The van der Waals surface area contributed by atoms with E-state index < -0.39 is 33.0 Å². The maximum absolute atomic E-state index is 13.1. The second kappa shape index (κ2) is 10.6. The number of aryl methyl sites for hydroxylation is 1. The summed E-state index contributed by atoms with van der Waals surface area (Å²) in [4.78, 5) is 30.1. The van der Waals surface area contributed by atoms with Gasteiger partial charge in [-0.2, -0.15) is 0 Å². The standard InChI is InChI=1S/C26H27N3O7S/c1-3-12-35-25(31)29-15-26(16-29,24(30)28-32)17-37(33,34)21-10-8-20(9-11-21)36-14-19-13-18(2)27-23-7-5-4-6-22(19)23/h3-11,13,32H,1,12,14-17H2,2H3,(H,28,30). The minimum Gasteiger partial charge on any atom is -0.489 e. The van der Waals surface area contributed by atoms with Crippen LogP contribution in [0.2, 0.25) is 0 Å². The van der Waals surface area contributed by atoms with Gasteiger partial charge in [0.15, 0.2) is 9.84 Å². The second-order valence-electron chi connectivity index (χ2n) is 8.90. The average molecular weight is 526 g/mol. The maximum Gasteiger partial charge on any atom is 0.410 e. The normalized spacial score (nSPS) is 14.5. The lowest BCUT2D eigenvalue weighted by Crippen LogP contribution is -2.67. The number of rotatable bonds is 9. The van der Waals surface area contributed by atoms with Gasteiger partial charge in [0.2, 0.25) is 0 Å². The highest BCUT2D eigenvalue weighted by Gasteiger charge is 2.54. The predicted octanol–water partition coefficient (Wildman–Crippen LogP) is 3.03. The van der Waals surface area contributed by atoms with Gasteiger partial charge in [-0.3, -0.25) is 15.0 Å². The summed E-state index contributed by atoms with van der Waals surface area (Å²) in [6.07, 6.45) is 0.695. The molecule has 1 aliphatic heterocycles. The number of carbonyl (C=O) groups excluding carboxylic acids is 2. The number of hydroxylamine groups is 1. The highest BCUT2D eigenvalue weighted by atomic mass is 32.2. The third-order valence-electron chi connectivity index (χ3n) is 6.13. The van der Waals surface area contributed by atoms with E-state index in [2.05, 4.69) is 11.6 Å². The molecule has 2 aromatic carbocycles. The monoisotopic (exact) mass is 525 g/mol. The summed E-state index contributed by atoms with van der Waals surface area (Å²) in [5.74, 6) is -1.01. The van der Waals surface area contributed by atoms with Crippen molar-refractivity contribution in [3.63, 3.8) is 0 Å². The van der Waals surface area contributed by atoms with E-state index in [4.69, 9.17) is 9.47 Å². The van der Waals surface area contributed by atoms with Crippen LogP contribution in [0.3, 0.4) is 0 Å². The summed E-state index contributed by atoms with van der Waals surface area (Å²) >= 11 is 0. The van der Waals surface area contributed by atoms with Crippen LogP contribution in [0.4, 0.5) is 4.79 Å². The summed E-state index contributed by atoms with van der Waals surface area (Å²) in [6, 6.07) is 15.6. The van der Waals surface area contributed by atoms with Crippen LogP contribution in [0.15, 0.2) is 72.1 Å². The Balaban J connectivity index is 1.45. The van der Waals surface area contributed by atoms with E-state index in [1.807, 2.05) is 37.3 Å². The van der Waals surface area contributed by atoms with Crippen molar-refractivity contribution in [3.8, 4) is 5.75 Å². The number of likely N-dealkylation sites (tertiary alicyclic amines) is 1. The molecular weight excluding hydrogens is 498 g/mol. The molecule has 0 atom stereocenters. The van der Waals surface area contributed by atoms with Gasteiger partial charge in [0, 0.05) is 29.7 Å². The van der Waals surface area contributed by atoms with Crippen molar-refractivity contribution >= 4 is 32.7 Å². The Morgan fingerprint density at radius 2 is 1.89 bits per heavy atom. The number of para-hydroxylation sites is 1. The van der Waals surface area contributed by atoms with Gasteiger partial charge in [0.1, 0.15) is 24.4 Å². The van der Waals surface area contributed by atoms with Crippen molar-refractivity contribution < 1.29 is 32.7 Å². The molecule has 0 radical (unpaired) electrons. The Morgan fingerprint density at radius 3 is 2.57 bits per heavy atom. The highest BCUT2D eigenvalue weighted by molar-refractivity contribution is 7.91. The van der Waals surface area contributed by atoms with E-state index >= 15 is 0 Å². The number of fused-ring (bicyclic) bond motifs is 1. The minimum atomic E-state index is -3.95. The number of benzene rings is 2. The number of nitrogens with zero attached hydrogens (tertiary/aromatic N) is 2. The number of aromatic nitrogens is 1. The third kappa shape index (κ3) is 5.57. The van der Waals surface area contributed by atoms with Gasteiger partial charge in [-0.25, -0.2) is 18.7 Å². The van der Waals surface area contributed by atoms with Crippen LogP contribution in [0, 0.1) is 12.3 Å². The first-order valence-corrected chi connectivity index (χ1v) is 13.1. The average Bonchev–Trinajstić information content (AvgIpc) is 2.87. The molecule has 0 bridgehead atoms. The molecule has 3 aromatic rings. The molecule has 1 fully saturated rings. The number of sulfone groups is 1. The number of nitrogens with one attached hydrogen (secondary N) is 1. The van der Waals surface area contributed by atoms with Crippen molar-refractivity contribution in [2.75, 3.05) is 25.4 Å². The van der Waals surface area contributed by atoms with E-state index in [1.165, 1.54) is 28.6 Å². The van der Waals surface area contributed by atoms with Crippen LogP contribution >= 0.6 is 0 Å². The summed E-state index contributed by atoms with van der Waals surface area (Å²) in [7, 11) is -3.95. The lowest BCUT2D eigenvalue weighted by molar-refractivity contribution is -0.146. The topological polar surface area (TPSA) is 135 Å². The largest absolute Gasteiger partial charge is 0.489 e. The van der Waals surface area contributed by atoms with Gasteiger partial charge in [-0.05, 0) is 43.3 Å². The minimum absolute atomic E-state index is 0.0112. The number of amides is 2. The molecule has 0 unspecified atom stereocenters. The van der Waals surface area contributed by atoms with Crippen molar-refractivity contribution in [1.29, 1.82) is 0 Å². The predicted molar refractivity (Wildman–Crippen MR) is 135 cm³/mol. The van der Waals surface area contributed by atoms with E-state index in [-0.39, 0.29) is 31.2 Å². The SMILES string of the molecule is C=CCOC(=O)N1CC(CS(=O)(=O)c2ccc(OCc3cc(C)nc4ccccc34)cc2)(C(=O)NO)C1. The molecule has 1 aromatic heterocycles. The Labute approximate surface area is 214 Å². The zero-order valence-electron chi connectivity index (χ0n) is 20.2. The van der Waals surface area contributed by atoms with Crippen LogP contribution in [0.5, 0.6) is 5.75 Å². The fourth-order valence-electron chi connectivity index (χ4n) is 4.32. The highest BCUT2D eigenvalue weighted by Crippen LogP contribution is 2.35. The number of ether oxygens (including phenoxy) is 2. The van der Waals surface area contributed by atoms with Crippen LogP contribution in [0.25, 0.3) is 10.9 Å². The molecule has 1 saturated heterocycles. The van der Waals surface area contributed by atoms with Crippen LogP contribution in [-0.4, -0.2) is 61.0 Å². The lowest BCUT2D eigenvalue weighted by Gasteiger charge is -2.46. The number of pyridine rings is 1. The van der Waals surface area contributed by atoms with Gasteiger partial charge in [-0.1, -0.05) is 30.9 Å². The van der Waals surface area contributed by atoms with Gasteiger partial charge in [-0.15, -0.1) is 0 Å². The fraction of sp³-hybridized carbons (Fsp3) is 0.269. The molecule has 4 rings (SSSR count). The molecule has 10 nitrogen and oxygen atoms in total. The molecule has 37 heavy (non-hydrogen) atoms. The first kappa shape index (κ1) is 26.1. The zero-order chi connectivity index (χ0) is 26.6. The molecule has 194 valence electrons. The zero-order valence-corrected chi connectivity index (χ0v) is 21.0. The number of hydrogen-bond donors (Lipinski definition) is 2. The van der Waals surface area contributed by atoms with Gasteiger partial charge < -0.3 is 14.4 Å². The summed E-state index contributed by atoms with van der Waals surface area (Å²) in [6.45, 7) is 5.19. The van der Waals surface area contributed by atoms with Crippen LogP contribution in [-0.2, 0) is 26.0 Å². The molecule has 2 heterocycles. The Morgan fingerprint density at radius 1 is 1.19 bits per heavy atom. The van der Waals surface area contributed by atoms with E-state index in [0.717, 1.165) is 22.2 Å². The van der Waals surface area contributed by atoms with Crippen molar-refractivity contribution in [3.05, 3.63) is 78.5 Å². The molecule has 2 N–H and O–H groups in total. The Bertz CT molecular complexity index is 1430. The molecule has 2 amide bonds. The summed E-state index contributed by atoms with van der Waals surface area (Å²) in [5, 5.41) is 10.2. The number of carbonyl (C=O) groups is 2. The van der Waals surface area contributed by atoms with Gasteiger partial charge in [0.25, 0.3) is 5.91 Å². The first-order chi connectivity index (χ1) is 17.7. The van der Waals surface area contributed by atoms with Crippen molar-refractivity contribution in [2.45, 2.75) is 18.4 Å². The fourth-order valence-corrected chi connectivity index (χ4v) is 6.08. The lowest BCUT2D eigenvalue weighted by atomic mass is 9.81. The Hall–Kier alpha value is -3.96. The molecule has 0 aliphatic carbocycles. The summed E-state index contributed by atoms with van der Waals surface area (Å²) < 4.78 is 37.1. The molecule has 11 heteroatoms. The smallest absolute Gasteiger partial charge is 0.410 e. The summed E-state index contributed by atoms with van der Waals surface area (Å²) in [5.41, 5.74) is 2.70. The molecule has 0 saturated carbocycles. The molecule has 0 spiro atoms. The maximum atomic E-state index is 13.1. The first-order valence-electron chi connectivity index (χ1n) is 11.5. The Kier molecular flexibility index (Phi) is 7.46. The van der Waals surface area contributed by atoms with Gasteiger partial charge in [0.05, 0.1) is 16.2 Å². The van der Waals surface area contributed by atoms with E-state index in [0.29, 0.717) is 5.75 Å². The van der Waals surface area contributed by atoms with Crippen molar-refractivity contribution in [1.82, 2.24) is 15.4 Å². The second-order valence-corrected chi connectivity index (χ2v) is 10.9. The van der Waals surface area contributed by atoms with Crippen LogP contribution < -0.4 is 10.2 Å². The molecule has 1 aliphatic rings. The number of hydrogen-bond acceptors (Lipinski definition) is 8. The van der Waals surface area contributed by atoms with Gasteiger partial charge >= 0.3 is 6.09 Å².